The van der Waals surface area contributed by atoms with E-state index in [1.165, 1.54) is 21.9 Å². The van der Waals surface area contributed by atoms with Crippen LogP contribution in [0.4, 0.5) is 0 Å². The Hall–Kier alpha value is -6.78. The first-order valence-electron chi connectivity index (χ1n) is 17.3. The summed E-state index contributed by atoms with van der Waals surface area (Å²) in [5.74, 6) is 1.51. The van der Waals surface area contributed by atoms with Gasteiger partial charge >= 0.3 is 0 Å². The maximum absolute atomic E-state index is 6.49. The molecule has 0 bridgehead atoms. The van der Waals surface area contributed by atoms with Crippen molar-refractivity contribution in [3.8, 4) is 22.3 Å². The average molecular weight is 654 g/mol. The van der Waals surface area contributed by atoms with Crippen LogP contribution in [0.25, 0.3) is 65.7 Å². The molecule has 0 radical (unpaired) electrons. The fourth-order valence-corrected chi connectivity index (χ4v) is 7.54. The third-order valence-electron chi connectivity index (χ3n) is 9.96. The van der Waals surface area contributed by atoms with Gasteiger partial charge in [0.25, 0.3) is 0 Å². The summed E-state index contributed by atoms with van der Waals surface area (Å²) in [5.41, 5.74) is 9.50. The van der Waals surface area contributed by atoms with Gasteiger partial charge in [-0.1, -0.05) is 152 Å². The van der Waals surface area contributed by atoms with Gasteiger partial charge in [-0.15, -0.1) is 0 Å². The quantitative estimate of drug-likeness (QED) is 0.201. The van der Waals surface area contributed by atoms with Crippen molar-refractivity contribution in [2.75, 3.05) is 0 Å². The molecule has 8 aromatic carbocycles. The molecule has 0 spiro atoms. The molecule has 4 nitrogen and oxygen atoms in total. The standard InChI is InChI=1S/C47H31N3O/c1-3-14-31(15-4-1)45-48-46(32-16-5-2-6-17-32)50-47(49-45)40-27-26-38(36-20-9-10-21-37(36)40)39-23-12-24-43-44(39)41-29-33(25-28-42(41)51-43)35-22-11-18-30-13-7-8-19-34(30)35/h1-29,45H,(H,48,49,50). The second-order valence-electron chi connectivity index (χ2n) is 13.0. The van der Waals surface area contributed by atoms with E-state index in [2.05, 4.69) is 157 Å². The van der Waals surface area contributed by atoms with E-state index in [4.69, 9.17) is 14.4 Å². The van der Waals surface area contributed by atoms with Gasteiger partial charge in [0.15, 0.2) is 5.84 Å². The Morgan fingerprint density at radius 3 is 1.96 bits per heavy atom. The molecule has 1 N–H and O–H groups in total. The SMILES string of the molecule is c1ccc(C2=NC(c3ccc(-c4cccc5oc6ccc(-c7cccc8ccccc78)cc6c45)c4ccccc34)=NC(c3ccccc3)N2)cc1. The van der Waals surface area contributed by atoms with Crippen molar-refractivity contribution < 1.29 is 4.42 Å². The van der Waals surface area contributed by atoms with Crippen LogP contribution in [-0.2, 0) is 0 Å². The Balaban J connectivity index is 1.15. The normalized spacial score (nSPS) is 14.5. The number of nitrogens with one attached hydrogen (secondary N) is 1. The first-order valence-corrected chi connectivity index (χ1v) is 17.3. The lowest BCUT2D eigenvalue weighted by molar-refractivity contribution is 0.669. The van der Waals surface area contributed by atoms with Crippen LogP contribution in [0.5, 0.6) is 0 Å². The molecule has 0 saturated heterocycles. The second-order valence-corrected chi connectivity index (χ2v) is 13.0. The van der Waals surface area contributed by atoms with Crippen molar-refractivity contribution in [1.29, 1.82) is 0 Å². The summed E-state index contributed by atoms with van der Waals surface area (Å²) in [6.07, 6.45) is -0.269. The number of hydrogen-bond acceptors (Lipinski definition) is 4. The lowest BCUT2D eigenvalue weighted by Gasteiger charge is -2.24. The Morgan fingerprint density at radius 2 is 1.12 bits per heavy atom. The van der Waals surface area contributed by atoms with Crippen LogP contribution in [-0.4, -0.2) is 11.7 Å². The molecule has 1 unspecified atom stereocenters. The fourth-order valence-electron chi connectivity index (χ4n) is 7.54. The van der Waals surface area contributed by atoms with Gasteiger partial charge < -0.3 is 9.73 Å². The van der Waals surface area contributed by atoms with Gasteiger partial charge in [-0.3, -0.25) is 0 Å². The van der Waals surface area contributed by atoms with E-state index in [1.54, 1.807) is 0 Å². The van der Waals surface area contributed by atoms with Gasteiger partial charge in [-0.25, -0.2) is 9.98 Å². The molecule has 51 heavy (non-hydrogen) atoms. The molecule has 0 fully saturated rings. The molecular weight excluding hydrogens is 623 g/mol. The van der Waals surface area contributed by atoms with Gasteiger partial charge in [0, 0.05) is 21.9 Å². The van der Waals surface area contributed by atoms with Gasteiger partial charge in [0.1, 0.15) is 23.2 Å². The van der Waals surface area contributed by atoms with Crippen molar-refractivity contribution in [3.05, 3.63) is 193 Å². The van der Waals surface area contributed by atoms with Crippen LogP contribution >= 0.6 is 0 Å². The summed E-state index contributed by atoms with van der Waals surface area (Å²) in [6.45, 7) is 0. The molecule has 0 amide bonds. The van der Waals surface area contributed by atoms with Gasteiger partial charge in [0.05, 0.1) is 0 Å². The molecule has 0 aliphatic carbocycles. The smallest absolute Gasteiger partial charge is 0.160 e. The van der Waals surface area contributed by atoms with E-state index in [0.717, 1.165) is 66.4 Å². The molecular formula is C47H31N3O. The zero-order valence-electron chi connectivity index (χ0n) is 27.6. The third kappa shape index (κ3) is 5.00. The van der Waals surface area contributed by atoms with Gasteiger partial charge in [-0.05, 0) is 73.6 Å². The molecule has 1 aliphatic heterocycles. The van der Waals surface area contributed by atoms with Crippen molar-refractivity contribution in [2.24, 2.45) is 9.98 Å². The largest absolute Gasteiger partial charge is 0.456 e. The highest BCUT2D eigenvalue weighted by Crippen LogP contribution is 2.42. The number of hydrogen-bond donors (Lipinski definition) is 1. The van der Waals surface area contributed by atoms with Crippen LogP contribution in [0.15, 0.2) is 190 Å². The summed E-state index contributed by atoms with van der Waals surface area (Å²) < 4.78 is 6.49. The Bertz CT molecular complexity index is 2830. The molecule has 240 valence electrons. The topological polar surface area (TPSA) is 49.9 Å². The number of rotatable bonds is 5. The Labute approximate surface area is 295 Å². The van der Waals surface area contributed by atoms with Crippen LogP contribution in [0, 0.1) is 0 Å². The Morgan fingerprint density at radius 1 is 0.451 bits per heavy atom. The van der Waals surface area contributed by atoms with Crippen molar-refractivity contribution in [3.63, 3.8) is 0 Å². The second kappa shape index (κ2) is 12.0. The van der Waals surface area contributed by atoms with Crippen molar-refractivity contribution >= 4 is 55.2 Å². The summed E-state index contributed by atoms with van der Waals surface area (Å²) in [5, 5.41) is 10.5. The molecule has 10 rings (SSSR count). The summed E-state index contributed by atoms with van der Waals surface area (Å²) >= 11 is 0. The Kier molecular flexibility index (Phi) is 6.85. The van der Waals surface area contributed by atoms with E-state index >= 15 is 0 Å². The van der Waals surface area contributed by atoms with Crippen LogP contribution in [0.3, 0.4) is 0 Å². The van der Waals surface area contributed by atoms with E-state index in [0.29, 0.717) is 5.84 Å². The van der Waals surface area contributed by atoms with Crippen LogP contribution in [0.2, 0.25) is 0 Å². The minimum absolute atomic E-state index is 0.269. The molecule has 9 aromatic rings. The van der Waals surface area contributed by atoms with Crippen LogP contribution in [0.1, 0.15) is 22.9 Å². The van der Waals surface area contributed by atoms with E-state index in [-0.39, 0.29) is 6.17 Å². The van der Waals surface area contributed by atoms with E-state index < -0.39 is 0 Å². The monoisotopic (exact) mass is 653 g/mol. The maximum atomic E-state index is 6.49. The number of furan rings is 1. The highest BCUT2D eigenvalue weighted by atomic mass is 16.3. The van der Waals surface area contributed by atoms with Crippen molar-refractivity contribution in [1.82, 2.24) is 5.32 Å². The predicted octanol–water partition coefficient (Wildman–Crippen LogP) is 11.7. The summed E-state index contributed by atoms with van der Waals surface area (Å²) in [6, 6.07) is 61.6. The third-order valence-corrected chi connectivity index (χ3v) is 9.96. The first kappa shape index (κ1) is 29.2. The van der Waals surface area contributed by atoms with Gasteiger partial charge in [-0.2, -0.15) is 0 Å². The van der Waals surface area contributed by atoms with E-state index in [9.17, 15) is 0 Å². The number of benzene rings is 8. The first-order chi connectivity index (χ1) is 25.3. The molecule has 4 heteroatoms. The molecule has 2 heterocycles. The fraction of sp³-hybridized carbons (Fsp3) is 0.0213. The zero-order chi connectivity index (χ0) is 33.7. The van der Waals surface area contributed by atoms with Crippen molar-refractivity contribution in [2.45, 2.75) is 6.17 Å². The maximum Gasteiger partial charge on any atom is 0.160 e. The lowest BCUT2D eigenvalue weighted by Crippen LogP contribution is -2.33. The number of amidine groups is 2. The van der Waals surface area contributed by atoms with E-state index in [1.807, 2.05) is 24.3 Å². The number of aliphatic imine (C=N–C) groups is 2. The predicted molar refractivity (Wildman–Crippen MR) is 211 cm³/mol. The zero-order valence-corrected chi connectivity index (χ0v) is 27.6. The summed E-state index contributed by atoms with van der Waals surface area (Å²) in [4.78, 5) is 10.3. The highest BCUT2D eigenvalue weighted by Gasteiger charge is 2.23. The molecule has 1 atom stereocenters. The highest BCUT2D eigenvalue weighted by molar-refractivity contribution is 6.21. The number of nitrogens with zero attached hydrogens (tertiary/aromatic N) is 2. The number of fused-ring (bicyclic) bond motifs is 5. The minimum atomic E-state index is -0.269. The minimum Gasteiger partial charge on any atom is -0.456 e. The average Bonchev–Trinajstić information content (AvgIpc) is 3.59. The van der Waals surface area contributed by atoms with Gasteiger partial charge in [0.2, 0.25) is 0 Å². The lowest BCUT2D eigenvalue weighted by atomic mass is 9.91. The van der Waals surface area contributed by atoms with Crippen LogP contribution < -0.4 is 5.32 Å². The molecule has 1 aliphatic rings. The molecule has 1 aromatic heterocycles. The molecule has 0 saturated carbocycles. The summed E-state index contributed by atoms with van der Waals surface area (Å²) in [7, 11) is 0.